The van der Waals surface area contributed by atoms with Crippen molar-refractivity contribution in [3.05, 3.63) is 41.2 Å². The van der Waals surface area contributed by atoms with Gasteiger partial charge in [0.05, 0.1) is 5.56 Å². The highest BCUT2D eigenvalue weighted by Crippen LogP contribution is 2.30. The number of hydrogen-bond donors (Lipinski definition) is 2. The maximum absolute atomic E-state index is 13.5. The predicted molar refractivity (Wildman–Crippen MR) is 70.7 cm³/mol. The number of halogens is 4. The van der Waals surface area contributed by atoms with E-state index >= 15 is 0 Å². The summed E-state index contributed by atoms with van der Waals surface area (Å²) in [7, 11) is 0. The van der Waals surface area contributed by atoms with E-state index in [1.54, 1.807) is 0 Å². The summed E-state index contributed by atoms with van der Waals surface area (Å²) >= 11 is 0. The minimum atomic E-state index is -4.70. The first-order valence-corrected chi connectivity index (χ1v) is 6.11. The smallest absolute Gasteiger partial charge is 0.416 e. The van der Waals surface area contributed by atoms with Gasteiger partial charge in [0.15, 0.2) is 11.8 Å². The van der Waals surface area contributed by atoms with Gasteiger partial charge in [-0.15, -0.1) is 0 Å². The SMILES string of the molecule is CC(=O)C(NC(=O)C=Cc1ccc(C(F)(F)F)cc1F)C(=O)O. The lowest BCUT2D eigenvalue weighted by Crippen LogP contribution is -2.44. The second-order valence-electron chi connectivity index (χ2n) is 4.46. The van der Waals surface area contributed by atoms with Crippen molar-refractivity contribution in [1.82, 2.24) is 5.32 Å². The van der Waals surface area contributed by atoms with Gasteiger partial charge in [-0.25, -0.2) is 9.18 Å². The van der Waals surface area contributed by atoms with Crippen LogP contribution in [0.1, 0.15) is 18.1 Å². The molecule has 0 fully saturated rings. The molecule has 0 aliphatic carbocycles. The molecule has 1 aromatic rings. The van der Waals surface area contributed by atoms with Crippen molar-refractivity contribution < 1.29 is 37.1 Å². The normalized spacial score (nSPS) is 12.9. The van der Waals surface area contributed by atoms with Gasteiger partial charge in [0.25, 0.3) is 0 Å². The molecule has 0 radical (unpaired) electrons. The molecule has 23 heavy (non-hydrogen) atoms. The molecule has 0 spiro atoms. The van der Waals surface area contributed by atoms with Crippen molar-refractivity contribution in [2.24, 2.45) is 0 Å². The predicted octanol–water partition coefficient (Wildman–Crippen LogP) is 2.02. The van der Waals surface area contributed by atoms with Gasteiger partial charge in [0.1, 0.15) is 5.82 Å². The van der Waals surface area contributed by atoms with Crippen LogP contribution in [0.2, 0.25) is 0 Å². The fourth-order valence-electron chi connectivity index (χ4n) is 1.53. The minimum Gasteiger partial charge on any atom is -0.479 e. The third kappa shape index (κ3) is 5.20. The summed E-state index contributed by atoms with van der Waals surface area (Å²) in [5.74, 6) is -4.60. The van der Waals surface area contributed by atoms with Crippen LogP contribution in [0.4, 0.5) is 17.6 Å². The van der Waals surface area contributed by atoms with Crippen molar-refractivity contribution in [3.63, 3.8) is 0 Å². The van der Waals surface area contributed by atoms with Gasteiger partial charge in [0.2, 0.25) is 5.91 Å². The number of nitrogens with one attached hydrogen (secondary N) is 1. The van der Waals surface area contributed by atoms with Gasteiger partial charge < -0.3 is 10.4 Å². The molecule has 0 saturated carbocycles. The molecule has 0 aliphatic heterocycles. The maximum Gasteiger partial charge on any atom is 0.416 e. The third-order valence-electron chi connectivity index (χ3n) is 2.68. The Kier molecular flexibility index (Phi) is 5.61. The number of carboxylic acid groups (broad SMARTS) is 1. The molecule has 9 heteroatoms. The Balaban J connectivity index is 2.87. The van der Waals surface area contributed by atoms with Crippen molar-refractivity contribution in [2.45, 2.75) is 19.1 Å². The zero-order chi connectivity index (χ0) is 17.8. The molecule has 0 saturated heterocycles. The van der Waals surface area contributed by atoms with Crippen LogP contribution in [-0.2, 0) is 20.6 Å². The molecule has 1 aromatic carbocycles. The Morgan fingerprint density at radius 1 is 1.26 bits per heavy atom. The number of carbonyl (C=O) groups is 3. The number of Topliss-reactive ketones (excluding diaryl/α,β-unsaturated/α-hetero) is 1. The third-order valence-corrected chi connectivity index (χ3v) is 2.68. The maximum atomic E-state index is 13.5. The number of carbonyl (C=O) groups excluding carboxylic acids is 2. The molecule has 0 aromatic heterocycles. The van der Waals surface area contributed by atoms with Crippen LogP contribution in [0.3, 0.4) is 0 Å². The highest BCUT2D eigenvalue weighted by atomic mass is 19.4. The lowest BCUT2D eigenvalue weighted by Gasteiger charge is -2.09. The number of aliphatic carboxylic acids is 1. The standard InChI is InChI=1S/C14H11F4NO4/c1-7(20)12(13(22)23)19-11(21)5-3-8-2-4-9(6-10(8)15)14(16,17)18/h2-6,12H,1H3,(H,19,21)(H,22,23). The van der Waals surface area contributed by atoms with Crippen LogP contribution in [0.15, 0.2) is 24.3 Å². The molecular formula is C14H11F4NO4. The molecule has 124 valence electrons. The quantitative estimate of drug-likeness (QED) is 0.491. The van der Waals surface area contributed by atoms with Crippen molar-refractivity contribution in [1.29, 1.82) is 0 Å². The molecule has 5 nitrogen and oxygen atoms in total. The number of rotatable bonds is 5. The van der Waals surface area contributed by atoms with Gasteiger partial charge in [-0.05, 0) is 25.1 Å². The summed E-state index contributed by atoms with van der Waals surface area (Å²) in [5.41, 5.74) is -1.48. The van der Waals surface area contributed by atoms with Crippen LogP contribution in [0.5, 0.6) is 0 Å². The topological polar surface area (TPSA) is 83.5 Å². The minimum absolute atomic E-state index is 0.271. The summed E-state index contributed by atoms with van der Waals surface area (Å²) in [6.07, 6.45) is -3.12. The van der Waals surface area contributed by atoms with Crippen molar-refractivity contribution in [3.8, 4) is 0 Å². The highest BCUT2D eigenvalue weighted by Gasteiger charge is 2.31. The van der Waals surface area contributed by atoms with Crippen molar-refractivity contribution >= 4 is 23.7 Å². The fourth-order valence-corrected chi connectivity index (χ4v) is 1.53. The molecule has 2 N–H and O–H groups in total. The molecule has 1 amide bonds. The number of benzene rings is 1. The average Bonchev–Trinajstić information content (AvgIpc) is 2.41. The largest absolute Gasteiger partial charge is 0.479 e. The summed E-state index contributed by atoms with van der Waals surface area (Å²) in [6, 6.07) is -0.0324. The van der Waals surface area contributed by atoms with E-state index in [-0.39, 0.29) is 11.6 Å². The molecule has 1 atom stereocenters. The molecule has 1 rings (SSSR count). The highest BCUT2D eigenvalue weighted by molar-refractivity contribution is 6.06. The number of amides is 1. The second-order valence-corrected chi connectivity index (χ2v) is 4.46. The summed E-state index contributed by atoms with van der Waals surface area (Å²) < 4.78 is 50.6. The Hall–Kier alpha value is -2.71. The van der Waals surface area contributed by atoms with E-state index in [9.17, 15) is 31.9 Å². The number of carboxylic acids is 1. The Morgan fingerprint density at radius 3 is 2.30 bits per heavy atom. The second kappa shape index (κ2) is 7.03. The first-order valence-electron chi connectivity index (χ1n) is 6.11. The van der Waals surface area contributed by atoms with Crippen LogP contribution in [0.25, 0.3) is 6.08 Å². The van der Waals surface area contributed by atoms with E-state index in [2.05, 4.69) is 0 Å². The lowest BCUT2D eigenvalue weighted by molar-refractivity contribution is -0.144. The first-order chi connectivity index (χ1) is 10.5. The van der Waals surface area contributed by atoms with E-state index < -0.39 is 41.3 Å². The van der Waals surface area contributed by atoms with Gasteiger partial charge in [-0.1, -0.05) is 6.07 Å². The monoisotopic (exact) mass is 333 g/mol. The summed E-state index contributed by atoms with van der Waals surface area (Å²) in [4.78, 5) is 33.2. The first kappa shape index (κ1) is 18.3. The van der Waals surface area contributed by atoms with Crippen LogP contribution in [0, 0.1) is 5.82 Å². The number of alkyl halides is 3. The average molecular weight is 333 g/mol. The van der Waals surface area contributed by atoms with Crippen LogP contribution < -0.4 is 5.32 Å². The van der Waals surface area contributed by atoms with Gasteiger partial charge in [-0.2, -0.15) is 13.2 Å². The summed E-state index contributed by atoms with van der Waals surface area (Å²) in [6.45, 7) is 0.957. The van der Waals surface area contributed by atoms with Crippen LogP contribution in [-0.4, -0.2) is 28.8 Å². The van der Waals surface area contributed by atoms with Gasteiger partial charge >= 0.3 is 12.1 Å². The molecule has 0 bridgehead atoms. The van der Waals surface area contributed by atoms with Gasteiger partial charge in [0, 0.05) is 11.6 Å². The van der Waals surface area contributed by atoms with Crippen LogP contribution >= 0.6 is 0 Å². The molecule has 0 aliphatic rings. The van der Waals surface area contributed by atoms with Crippen molar-refractivity contribution in [2.75, 3.05) is 0 Å². The zero-order valence-corrected chi connectivity index (χ0v) is 11.6. The Labute approximate surface area is 127 Å². The Morgan fingerprint density at radius 2 is 1.87 bits per heavy atom. The Bertz CT molecular complexity index is 653. The van der Waals surface area contributed by atoms with E-state index in [4.69, 9.17) is 5.11 Å². The number of ketones is 1. The number of hydrogen-bond acceptors (Lipinski definition) is 3. The van der Waals surface area contributed by atoms with E-state index in [1.807, 2.05) is 5.32 Å². The fraction of sp³-hybridized carbons (Fsp3) is 0.214. The van der Waals surface area contributed by atoms with E-state index in [1.165, 1.54) is 0 Å². The van der Waals surface area contributed by atoms with E-state index in [0.717, 1.165) is 19.1 Å². The lowest BCUT2D eigenvalue weighted by atomic mass is 10.1. The van der Waals surface area contributed by atoms with Gasteiger partial charge in [-0.3, -0.25) is 9.59 Å². The molecule has 0 heterocycles. The summed E-state index contributed by atoms with van der Waals surface area (Å²) in [5, 5.41) is 10.6. The van der Waals surface area contributed by atoms with E-state index in [0.29, 0.717) is 12.1 Å². The molecule has 1 unspecified atom stereocenters. The zero-order valence-electron chi connectivity index (χ0n) is 11.6. The molecular weight excluding hydrogens is 322 g/mol.